The first-order valence-electron chi connectivity index (χ1n) is 9.84. The van der Waals surface area contributed by atoms with Crippen molar-refractivity contribution in [2.45, 2.75) is 38.8 Å². The van der Waals surface area contributed by atoms with E-state index in [0.29, 0.717) is 13.1 Å². The van der Waals surface area contributed by atoms with Crippen molar-refractivity contribution in [3.05, 3.63) is 68.9 Å². The zero-order chi connectivity index (χ0) is 19.3. The van der Waals surface area contributed by atoms with Gasteiger partial charge in [0.15, 0.2) is 11.7 Å². The normalized spacial score (nSPS) is 14.5. The zero-order valence-electron chi connectivity index (χ0n) is 16.2. The number of amides is 1. The molecule has 4 nitrogen and oxygen atoms in total. The number of carbonyl (C=O) groups is 1. The van der Waals surface area contributed by atoms with Gasteiger partial charge in [0.2, 0.25) is 0 Å². The smallest absolute Gasteiger partial charge is 0.284 e. The van der Waals surface area contributed by atoms with E-state index in [1.54, 1.807) is 22.7 Å². The molecule has 1 unspecified atom stereocenters. The highest BCUT2D eigenvalue weighted by atomic mass is 32.1. The van der Waals surface area contributed by atoms with Crippen LogP contribution in [0.4, 0.5) is 5.13 Å². The number of likely N-dealkylation sites (N-methyl/N-ethyl adjacent to an activating group) is 1. The summed E-state index contributed by atoms with van der Waals surface area (Å²) in [7, 11) is 2.09. The molecule has 28 heavy (non-hydrogen) atoms. The molecule has 0 saturated heterocycles. The molecule has 1 aromatic carbocycles. The van der Waals surface area contributed by atoms with E-state index in [1.165, 1.54) is 33.9 Å². The minimum Gasteiger partial charge on any atom is -0.326 e. The lowest BCUT2D eigenvalue weighted by Gasteiger charge is -2.22. The fourth-order valence-electron chi connectivity index (χ4n) is 3.64. The van der Waals surface area contributed by atoms with Crippen LogP contribution >= 0.6 is 22.7 Å². The van der Waals surface area contributed by atoms with E-state index < -0.39 is 0 Å². The summed E-state index contributed by atoms with van der Waals surface area (Å²) >= 11 is 3.41. The number of nitrogens with zero attached hydrogens (tertiary/aromatic N) is 2. The van der Waals surface area contributed by atoms with Gasteiger partial charge in [-0.3, -0.25) is 9.69 Å². The molecule has 1 aliphatic rings. The van der Waals surface area contributed by atoms with Crippen molar-refractivity contribution in [3.8, 4) is 0 Å². The Bertz CT molecular complexity index is 882. The summed E-state index contributed by atoms with van der Waals surface area (Å²) in [6.45, 7) is 1.91. The fourth-order valence-corrected chi connectivity index (χ4v) is 5.47. The van der Waals surface area contributed by atoms with Crippen molar-refractivity contribution in [3.63, 3.8) is 0 Å². The van der Waals surface area contributed by atoms with Gasteiger partial charge in [-0.05, 0) is 48.1 Å². The molecule has 3 aromatic rings. The Balaban J connectivity index is 1.53. The monoisotopic (exact) mass is 412 g/mol. The van der Waals surface area contributed by atoms with E-state index in [2.05, 4.69) is 36.0 Å². The highest BCUT2D eigenvalue weighted by molar-refractivity contribution is 7.16. The molecule has 0 fully saturated rings. The molecule has 0 radical (unpaired) electrons. The number of nitrogens with one attached hydrogen (secondary N) is 1. The fraction of sp³-hybridized carbons (Fsp3) is 0.364. The number of hydrogen-bond donors (Lipinski definition) is 1. The first-order valence-corrected chi connectivity index (χ1v) is 11.6. The first-order chi connectivity index (χ1) is 13.7. The van der Waals surface area contributed by atoms with Crippen molar-refractivity contribution in [1.82, 2.24) is 4.98 Å². The van der Waals surface area contributed by atoms with Crippen molar-refractivity contribution >= 4 is 33.7 Å². The third-order valence-corrected chi connectivity index (χ3v) is 7.00. The Morgan fingerprint density at radius 1 is 1.14 bits per heavy atom. The van der Waals surface area contributed by atoms with Gasteiger partial charge in [-0.1, -0.05) is 30.3 Å². The summed E-state index contributed by atoms with van der Waals surface area (Å²) in [6.07, 6.45) is 4.58. The van der Waals surface area contributed by atoms with Gasteiger partial charge in [-0.25, -0.2) is 4.98 Å². The second-order valence-electron chi connectivity index (χ2n) is 7.48. The van der Waals surface area contributed by atoms with Crippen molar-refractivity contribution in [2.24, 2.45) is 0 Å². The molecule has 1 amide bonds. The highest BCUT2D eigenvalue weighted by Gasteiger charge is 2.25. The SMILES string of the molecule is C[NH+](CC(=O)N(Cc1ccccc1)c1nc2c(s1)CCCC2)Cc1ccsc1. The molecule has 0 bridgehead atoms. The highest BCUT2D eigenvalue weighted by Crippen LogP contribution is 2.32. The Morgan fingerprint density at radius 2 is 1.96 bits per heavy atom. The second kappa shape index (κ2) is 8.99. The summed E-state index contributed by atoms with van der Waals surface area (Å²) in [4.78, 5) is 22.6. The van der Waals surface area contributed by atoms with Crippen LogP contribution in [0.1, 0.15) is 34.5 Å². The van der Waals surface area contributed by atoms with Crippen LogP contribution < -0.4 is 9.80 Å². The molecular formula is C22H26N3OS2+. The Kier molecular flexibility index (Phi) is 6.20. The van der Waals surface area contributed by atoms with Gasteiger partial charge in [0.1, 0.15) is 6.54 Å². The maximum atomic E-state index is 13.3. The summed E-state index contributed by atoms with van der Waals surface area (Å²) < 4.78 is 0. The van der Waals surface area contributed by atoms with E-state index in [1.807, 2.05) is 23.1 Å². The van der Waals surface area contributed by atoms with Crippen LogP contribution in [0.15, 0.2) is 47.2 Å². The number of benzene rings is 1. The van der Waals surface area contributed by atoms with Gasteiger partial charge < -0.3 is 4.90 Å². The van der Waals surface area contributed by atoms with Gasteiger partial charge in [0, 0.05) is 10.4 Å². The van der Waals surface area contributed by atoms with Crippen molar-refractivity contribution in [2.75, 3.05) is 18.5 Å². The predicted octanol–water partition coefficient (Wildman–Crippen LogP) is 3.33. The summed E-state index contributed by atoms with van der Waals surface area (Å²) in [5.41, 5.74) is 3.63. The molecule has 4 rings (SSSR count). The third-order valence-electron chi connectivity index (χ3n) is 5.09. The van der Waals surface area contributed by atoms with Gasteiger partial charge in [-0.15, -0.1) is 11.3 Å². The number of thiophene rings is 1. The Hall–Kier alpha value is -2.02. The number of quaternary nitrogens is 1. The molecule has 6 heteroatoms. The molecule has 1 atom stereocenters. The number of carbonyl (C=O) groups excluding carboxylic acids is 1. The van der Waals surface area contributed by atoms with Crippen molar-refractivity contribution < 1.29 is 9.69 Å². The van der Waals surface area contributed by atoms with E-state index >= 15 is 0 Å². The summed E-state index contributed by atoms with van der Waals surface area (Å²) in [5.74, 6) is 0.141. The number of anilines is 1. The summed E-state index contributed by atoms with van der Waals surface area (Å²) in [5, 5.41) is 5.11. The van der Waals surface area contributed by atoms with Crippen LogP contribution in [-0.4, -0.2) is 24.5 Å². The molecule has 0 spiro atoms. The zero-order valence-corrected chi connectivity index (χ0v) is 17.8. The number of hydrogen-bond acceptors (Lipinski definition) is 4. The number of aromatic nitrogens is 1. The van der Waals surface area contributed by atoms with E-state index in [4.69, 9.17) is 4.98 Å². The van der Waals surface area contributed by atoms with Gasteiger partial charge >= 0.3 is 0 Å². The molecule has 2 aromatic heterocycles. The van der Waals surface area contributed by atoms with Crippen LogP contribution in [0, 0.1) is 0 Å². The lowest BCUT2D eigenvalue weighted by molar-refractivity contribution is -0.885. The van der Waals surface area contributed by atoms with Crippen LogP contribution in [-0.2, 0) is 30.7 Å². The van der Waals surface area contributed by atoms with E-state index in [0.717, 1.165) is 30.1 Å². The molecule has 1 aliphatic carbocycles. The van der Waals surface area contributed by atoms with Crippen LogP contribution in [0.25, 0.3) is 0 Å². The lowest BCUT2D eigenvalue weighted by Crippen LogP contribution is -3.08. The summed E-state index contributed by atoms with van der Waals surface area (Å²) in [6, 6.07) is 12.4. The van der Waals surface area contributed by atoms with Crippen LogP contribution in [0.5, 0.6) is 0 Å². The first kappa shape index (κ1) is 19.3. The standard InChI is InChI=1S/C22H25N3OS2/c1-24(13-18-11-12-27-16-18)15-21(26)25(14-17-7-3-2-4-8-17)22-23-19-9-5-6-10-20(19)28-22/h2-4,7-8,11-12,16H,5-6,9-10,13-15H2,1H3/p+1. The Morgan fingerprint density at radius 3 is 2.71 bits per heavy atom. The third kappa shape index (κ3) is 4.69. The van der Waals surface area contributed by atoms with Crippen molar-refractivity contribution in [1.29, 1.82) is 0 Å². The number of rotatable bonds is 7. The molecular weight excluding hydrogens is 386 g/mol. The van der Waals surface area contributed by atoms with Crippen LogP contribution in [0.2, 0.25) is 0 Å². The van der Waals surface area contributed by atoms with Gasteiger partial charge in [-0.2, -0.15) is 11.3 Å². The maximum absolute atomic E-state index is 13.3. The van der Waals surface area contributed by atoms with E-state index in [9.17, 15) is 4.79 Å². The number of fused-ring (bicyclic) bond motifs is 1. The molecule has 0 saturated carbocycles. The Labute approximate surface area is 174 Å². The van der Waals surface area contributed by atoms with Gasteiger partial charge in [0.25, 0.3) is 5.91 Å². The number of aryl methyl sites for hydroxylation is 2. The average molecular weight is 413 g/mol. The predicted molar refractivity (Wildman–Crippen MR) is 116 cm³/mol. The second-order valence-corrected chi connectivity index (χ2v) is 9.32. The van der Waals surface area contributed by atoms with E-state index in [-0.39, 0.29) is 5.91 Å². The largest absolute Gasteiger partial charge is 0.326 e. The molecule has 2 heterocycles. The average Bonchev–Trinajstić information content (AvgIpc) is 3.36. The quantitative estimate of drug-likeness (QED) is 0.646. The lowest BCUT2D eigenvalue weighted by atomic mass is 10.0. The topological polar surface area (TPSA) is 37.6 Å². The number of thiazole rings is 1. The molecule has 1 N–H and O–H groups in total. The molecule has 0 aliphatic heterocycles. The van der Waals surface area contributed by atoms with Crippen LogP contribution in [0.3, 0.4) is 0 Å². The maximum Gasteiger partial charge on any atom is 0.284 e. The minimum atomic E-state index is 0.141. The minimum absolute atomic E-state index is 0.141. The molecule has 146 valence electrons. The van der Waals surface area contributed by atoms with Gasteiger partial charge in [0.05, 0.1) is 19.3 Å².